The number of nitrogens with one attached hydrogen (secondary N) is 1. The Balaban J connectivity index is 2.34. The van der Waals surface area contributed by atoms with Crippen LogP contribution in [0.1, 0.15) is 0 Å². The van der Waals surface area contributed by atoms with Gasteiger partial charge in [0.25, 0.3) is 5.88 Å². The maximum absolute atomic E-state index is 12.0. The van der Waals surface area contributed by atoms with Crippen LogP contribution in [-0.4, -0.2) is 27.2 Å². The summed E-state index contributed by atoms with van der Waals surface area (Å²) in [5, 5.41) is 0. The second-order valence-electron chi connectivity index (χ2n) is 3.14. The van der Waals surface area contributed by atoms with Gasteiger partial charge in [0.1, 0.15) is 0 Å². The van der Waals surface area contributed by atoms with Crippen molar-refractivity contribution in [3.63, 3.8) is 0 Å². The standard InChI is InChI=1S/C8H8F3N5O/c9-8(10,11)4-17-7-6-13-1-2-16(6)3-5(14-7)15-12/h1-3,15H,4,12H2. The number of imidazole rings is 1. The number of nitrogens with two attached hydrogens (primary N) is 1. The minimum Gasteiger partial charge on any atom is -0.465 e. The maximum atomic E-state index is 12.0. The highest BCUT2D eigenvalue weighted by atomic mass is 19.4. The SMILES string of the molecule is NNc1cn2ccnc2c(OCC(F)(F)F)n1. The number of aromatic nitrogens is 3. The second-order valence-corrected chi connectivity index (χ2v) is 3.14. The Bertz CT molecular complexity index is 523. The highest BCUT2D eigenvalue weighted by Crippen LogP contribution is 2.21. The Hall–Kier alpha value is -2.03. The van der Waals surface area contributed by atoms with E-state index in [0.29, 0.717) is 0 Å². The quantitative estimate of drug-likeness (QED) is 0.624. The molecule has 17 heavy (non-hydrogen) atoms. The maximum Gasteiger partial charge on any atom is 0.422 e. The van der Waals surface area contributed by atoms with E-state index in [9.17, 15) is 13.2 Å². The first kappa shape index (κ1) is 11.5. The summed E-state index contributed by atoms with van der Waals surface area (Å²) in [5.41, 5.74) is 2.41. The predicted molar refractivity (Wildman–Crippen MR) is 52.3 cm³/mol. The molecule has 3 N–H and O–H groups in total. The molecule has 0 unspecified atom stereocenters. The molecule has 0 bridgehead atoms. The zero-order chi connectivity index (χ0) is 12.5. The van der Waals surface area contributed by atoms with Crippen LogP contribution in [-0.2, 0) is 0 Å². The van der Waals surface area contributed by atoms with E-state index in [1.807, 2.05) is 0 Å². The third-order valence-corrected chi connectivity index (χ3v) is 1.86. The van der Waals surface area contributed by atoms with Crippen molar-refractivity contribution in [1.29, 1.82) is 0 Å². The third kappa shape index (κ3) is 2.56. The number of halogens is 3. The molecule has 0 atom stereocenters. The highest BCUT2D eigenvalue weighted by Gasteiger charge is 2.29. The molecule has 2 aromatic heterocycles. The zero-order valence-electron chi connectivity index (χ0n) is 8.40. The van der Waals surface area contributed by atoms with Crippen LogP contribution >= 0.6 is 0 Å². The van der Waals surface area contributed by atoms with E-state index in [0.717, 1.165) is 0 Å². The molecule has 0 aliphatic heterocycles. The van der Waals surface area contributed by atoms with Gasteiger partial charge >= 0.3 is 6.18 Å². The lowest BCUT2D eigenvalue weighted by Gasteiger charge is -2.10. The molecule has 0 fully saturated rings. The Labute approximate surface area is 93.2 Å². The molecule has 2 rings (SSSR count). The smallest absolute Gasteiger partial charge is 0.422 e. The van der Waals surface area contributed by atoms with E-state index in [-0.39, 0.29) is 17.3 Å². The summed E-state index contributed by atoms with van der Waals surface area (Å²) in [7, 11) is 0. The number of rotatable bonds is 3. The molecule has 0 aliphatic carbocycles. The lowest BCUT2D eigenvalue weighted by atomic mass is 10.6. The molecule has 92 valence electrons. The predicted octanol–water partition coefficient (Wildman–Crippen LogP) is 0.956. The van der Waals surface area contributed by atoms with Crippen molar-refractivity contribution in [2.75, 3.05) is 12.0 Å². The minimum absolute atomic E-state index is 0.174. The Morgan fingerprint density at radius 3 is 2.88 bits per heavy atom. The van der Waals surface area contributed by atoms with Crippen LogP contribution in [0.4, 0.5) is 19.0 Å². The van der Waals surface area contributed by atoms with Gasteiger partial charge in [0.05, 0.1) is 6.20 Å². The molecule has 0 aromatic carbocycles. The molecule has 9 heteroatoms. The summed E-state index contributed by atoms with van der Waals surface area (Å²) in [6.07, 6.45) is -0.00372. The molecule has 2 heterocycles. The van der Waals surface area contributed by atoms with Gasteiger partial charge in [-0.15, -0.1) is 0 Å². The van der Waals surface area contributed by atoms with Crippen molar-refractivity contribution < 1.29 is 17.9 Å². The third-order valence-electron chi connectivity index (χ3n) is 1.86. The monoisotopic (exact) mass is 247 g/mol. The van der Waals surface area contributed by atoms with Crippen molar-refractivity contribution in [3.8, 4) is 5.88 Å². The van der Waals surface area contributed by atoms with Gasteiger partial charge in [0.15, 0.2) is 12.4 Å². The van der Waals surface area contributed by atoms with Crippen LogP contribution in [0.15, 0.2) is 18.6 Å². The van der Waals surface area contributed by atoms with Gasteiger partial charge in [0.2, 0.25) is 5.65 Å². The van der Waals surface area contributed by atoms with E-state index < -0.39 is 12.8 Å². The minimum atomic E-state index is -4.43. The van der Waals surface area contributed by atoms with Crippen LogP contribution in [0.2, 0.25) is 0 Å². The Morgan fingerprint density at radius 2 is 2.24 bits per heavy atom. The average Bonchev–Trinajstić information content (AvgIpc) is 2.72. The van der Waals surface area contributed by atoms with Crippen molar-refractivity contribution in [2.45, 2.75) is 6.18 Å². The lowest BCUT2D eigenvalue weighted by Crippen LogP contribution is -2.20. The van der Waals surface area contributed by atoms with Crippen LogP contribution in [0.5, 0.6) is 5.88 Å². The molecule has 2 aromatic rings. The van der Waals surface area contributed by atoms with Gasteiger partial charge < -0.3 is 10.2 Å². The fraction of sp³-hybridized carbons (Fsp3) is 0.250. The van der Waals surface area contributed by atoms with Crippen molar-refractivity contribution in [3.05, 3.63) is 18.6 Å². The van der Waals surface area contributed by atoms with Crippen LogP contribution in [0.3, 0.4) is 0 Å². The first-order chi connectivity index (χ1) is 7.99. The summed E-state index contributed by atoms with van der Waals surface area (Å²) in [4.78, 5) is 7.59. The summed E-state index contributed by atoms with van der Waals surface area (Å²) in [5.74, 6) is 5.08. The van der Waals surface area contributed by atoms with E-state index >= 15 is 0 Å². The molecule has 0 spiro atoms. The van der Waals surface area contributed by atoms with E-state index in [4.69, 9.17) is 5.84 Å². The fourth-order valence-corrected chi connectivity index (χ4v) is 1.22. The number of nitrogen functional groups attached to an aromatic ring is 1. The summed E-state index contributed by atoms with van der Waals surface area (Å²) in [6.45, 7) is -1.43. The molecule has 0 saturated carbocycles. The number of hydrogen-bond acceptors (Lipinski definition) is 5. The van der Waals surface area contributed by atoms with Crippen molar-refractivity contribution >= 4 is 11.5 Å². The van der Waals surface area contributed by atoms with Gasteiger partial charge in [-0.05, 0) is 0 Å². The summed E-state index contributed by atoms with van der Waals surface area (Å²) < 4.78 is 42.1. The molecule has 0 radical (unpaired) electrons. The Kier molecular flexibility index (Phi) is 2.76. The molecular formula is C8H8F3N5O. The van der Waals surface area contributed by atoms with Gasteiger partial charge in [-0.3, -0.25) is 4.40 Å². The summed E-state index contributed by atoms with van der Waals surface area (Å²) in [6, 6.07) is 0. The number of ether oxygens (including phenoxy) is 1. The Morgan fingerprint density at radius 1 is 1.47 bits per heavy atom. The molecule has 0 saturated heterocycles. The van der Waals surface area contributed by atoms with Gasteiger partial charge in [-0.25, -0.2) is 10.8 Å². The van der Waals surface area contributed by atoms with E-state index in [2.05, 4.69) is 20.1 Å². The zero-order valence-corrected chi connectivity index (χ0v) is 8.40. The average molecular weight is 247 g/mol. The fourth-order valence-electron chi connectivity index (χ4n) is 1.22. The van der Waals surface area contributed by atoms with Crippen molar-refractivity contribution in [1.82, 2.24) is 14.4 Å². The number of nitrogens with zero attached hydrogens (tertiary/aromatic N) is 3. The first-order valence-corrected chi connectivity index (χ1v) is 4.49. The van der Waals surface area contributed by atoms with Crippen LogP contribution in [0, 0.1) is 0 Å². The number of alkyl halides is 3. The normalized spacial score (nSPS) is 11.8. The van der Waals surface area contributed by atoms with Gasteiger partial charge in [-0.2, -0.15) is 18.2 Å². The summed E-state index contributed by atoms with van der Waals surface area (Å²) >= 11 is 0. The number of anilines is 1. The van der Waals surface area contributed by atoms with Crippen LogP contribution < -0.4 is 16.0 Å². The van der Waals surface area contributed by atoms with E-state index in [1.54, 1.807) is 0 Å². The number of hydrogen-bond donors (Lipinski definition) is 2. The topological polar surface area (TPSA) is 77.5 Å². The second kappa shape index (κ2) is 4.09. The number of hydrazine groups is 1. The van der Waals surface area contributed by atoms with E-state index in [1.165, 1.54) is 23.0 Å². The number of fused-ring (bicyclic) bond motifs is 1. The largest absolute Gasteiger partial charge is 0.465 e. The highest BCUT2D eigenvalue weighted by molar-refractivity contribution is 5.53. The molecular weight excluding hydrogens is 239 g/mol. The van der Waals surface area contributed by atoms with Crippen molar-refractivity contribution in [2.24, 2.45) is 5.84 Å². The van der Waals surface area contributed by atoms with Crippen LogP contribution in [0.25, 0.3) is 5.65 Å². The molecule has 0 aliphatic rings. The molecule has 0 amide bonds. The van der Waals surface area contributed by atoms with Gasteiger partial charge in [0, 0.05) is 12.4 Å². The lowest BCUT2D eigenvalue weighted by molar-refractivity contribution is -0.153. The molecule has 6 nitrogen and oxygen atoms in total. The first-order valence-electron chi connectivity index (χ1n) is 4.49. The van der Waals surface area contributed by atoms with Gasteiger partial charge in [-0.1, -0.05) is 0 Å².